The fourth-order valence-electron chi connectivity index (χ4n) is 2.72. The minimum atomic E-state index is -1.55. The molecule has 0 radical (unpaired) electrons. The van der Waals surface area contributed by atoms with E-state index in [4.69, 9.17) is 23.2 Å². The summed E-state index contributed by atoms with van der Waals surface area (Å²) < 4.78 is 0. The Hall–Kier alpha value is -3.08. The van der Waals surface area contributed by atoms with Crippen LogP contribution in [0.25, 0.3) is 0 Å². The first-order valence-corrected chi connectivity index (χ1v) is 9.01. The lowest BCUT2D eigenvalue weighted by Crippen LogP contribution is -2.29. The van der Waals surface area contributed by atoms with Gasteiger partial charge in [0.05, 0.1) is 16.8 Å². The molecular formula is C19H14Cl2N4O3. The minimum Gasteiger partial charge on any atom is -0.336 e. The number of urea groups is 1. The quantitative estimate of drug-likeness (QED) is 0.574. The van der Waals surface area contributed by atoms with E-state index in [1.54, 1.807) is 18.2 Å². The number of hydrogen-bond donors (Lipinski definition) is 2. The van der Waals surface area contributed by atoms with Crippen molar-refractivity contribution in [3.63, 3.8) is 0 Å². The molecule has 1 aliphatic heterocycles. The molecule has 1 atom stereocenters. The smallest absolute Gasteiger partial charge is 0.321 e. The van der Waals surface area contributed by atoms with Crippen molar-refractivity contribution in [2.45, 2.75) is 0 Å². The SMILES string of the molecule is N#CC(C(=O)Nc1ccc(Cl)cc1Cl)C(=O)c1ccc(N2CCNC2=O)cc1. The molecule has 142 valence electrons. The Labute approximate surface area is 170 Å². The van der Waals surface area contributed by atoms with Crippen LogP contribution < -0.4 is 15.5 Å². The second-order valence-corrected chi connectivity index (χ2v) is 6.81. The summed E-state index contributed by atoms with van der Waals surface area (Å²) in [6.07, 6.45) is 0. The summed E-state index contributed by atoms with van der Waals surface area (Å²) in [6.45, 7) is 1.07. The van der Waals surface area contributed by atoms with Gasteiger partial charge in [-0.1, -0.05) is 23.2 Å². The molecule has 3 rings (SSSR count). The van der Waals surface area contributed by atoms with E-state index < -0.39 is 17.6 Å². The van der Waals surface area contributed by atoms with Gasteiger partial charge in [-0.25, -0.2) is 4.79 Å². The predicted molar refractivity (Wildman–Crippen MR) is 106 cm³/mol. The van der Waals surface area contributed by atoms with E-state index in [2.05, 4.69) is 10.6 Å². The highest BCUT2D eigenvalue weighted by Crippen LogP contribution is 2.26. The number of anilines is 2. The Morgan fingerprint density at radius 3 is 2.46 bits per heavy atom. The molecule has 2 aromatic carbocycles. The van der Waals surface area contributed by atoms with Gasteiger partial charge < -0.3 is 10.6 Å². The van der Waals surface area contributed by atoms with E-state index in [0.717, 1.165) is 0 Å². The van der Waals surface area contributed by atoms with Crippen molar-refractivity contribution in [3.05, 3.63) is 58.1 Å². The van der Waals surface area contributed by atoms with Crippen LogP contribution in [0.4, 0.5) is 16.2 Å². The van der Waals surface area contributed by atoms with Crippen molar-refractivity contribution >= 4 is 52.3 Å². The lowest BCUT2D eigenvalue weighted by Gasteiger charge is -2.15. The molecule has 0 aromatic heterocycles. The van der Waals surface area contributed by atoms with Crippen LogP contribution in [-0.2, 0) is 4.79 Å². The van der Waals surface area contributed by atoms with E-state index in [9.17, 15) is 19.6 Å². The number of amides is 3. The number of nitrogens with one attached hydrogen (secondary N) is 2. The van der Waals surface area contributed by atoms with Gasteiger partial charge in [-0.3, -0.25) is 14.5 Å². The highest BCUT2D eigenvalue weighted by atomic mass is 35.5. The van der Waals surface area contributed by atoms with Gasteiger partial charge in [0.1, 0.15) is 0 Å². The third-order valence-electron chi connectivity index (χ3n) is 4.16. The Morgan fingerprint density at radius 1 is 1.18 bits per heavy atom. The molecule has 1 saturated heterocycles. The molecule has 0 spiro atoms. The maximum absolute atomic E-state index is 12.6. The van der Waals surface area contributed by atoms with E-state index >= 15 is 0 Å². The van der Waals surface area contributed by atoms with Crippen LogP contribution in [0.3, 0.4) is 0 Å². The Bertz CT molecular complexity index is 986. The largest absolute Gasteiger partial charge is 0.336 e. The molecule has 1 aliphatic rings. The van der Waals surface area contributed by atoms with Gasteiger partial charge in [0, 0.05) is 29.4 Å². The Balaban J connectivity index is 1.74. The molecule has 9 heteroatoms. The van der Waals surface area contributed by atoms with Crippen LogP contribution in [0.5, 0.6) is 0 Å². The summed E-state index contributed by atoms with van der Waals surface area (Å²) in [5.74, 6) is -2.99. The zero-order valence-electron chi connectivity index (χ0n) is 14.4. The first kappa shape index (κ1) is 19.7. The lowest BCUT2D eigenvalue weighted by atomic mass is 9.97. The molecular weight excluding hydrogens is 403 g/mol. The summed E-state index contributed by atoms with van der Waals surface area (Å²) in [7, 11) is 0. The van der Waals surface area contributed by atoms with Gasteiger partial charge in [-0.05, 0) is 42.5 Å². The van der Waals surface area contributed by atoms with E-state index in [1.165, 1.54) is 35.2 Å². The summed E-state index contributed by atoms with van der Waals surface area (Å²) in [5.41, 5.74) is 1.06. The zero-order chi connectivity index (χ0) is 20.3. The third kappa shape index (κ3) is 4.09. The first-order valence-electron chi connectivity index (χ1n) is 8.26. The first-order chi connectivity index (χ1) is 13.4. The molecule has 0 bridgehead atoms. The number of benzene rings is 2. The van der Waals surface area contributed by atoms with E-state index in [1.807, 2.05) is 0 Å². The fourth-order valence-corrected chi connectivity index (χ4v) is 3.18. The standard InChI is InChI=1S/C19H14Cl2N4O3/c20-12-3-6-16(15(21)9-12)24-18(27)14(10-22)17(26)11-1-4-13(5-2-11)25-8-7-23-19(25)28/h1-6,9,14H,7-8H2,(H,23,28)(H,24,27). The number of rotatable bonds is 5. The molecule has 2 aromatic rings. The maximum atomic E-state index is 12.6. The fraction of sp³-hybridized carbons (Fsp3) is 0.158. The summed E-state index contributed by atoms with van der Waals surface area (Å²) in [5, 5.41) is 15.1. The van der Waals surface area contributed by atoms with Gasteiger partial charge >= 0.3 is 6.03 Å². The molecule has 28 heavy (non-hydrogen) atoms. The second kappa shape index (κ2) is 8.30. The highest BCUT2D eigenvalue weighted by Gasteiger charge is 2.28. The number of Topliss-reactive ketones (excluding diaryl/α,β-unsaturated/α-hetero) is 1. The number of carbonyl (C=O) groups is 3. The Kier molecular flexibility index (Phi) is 5.83. The van der Waals surface area contributed by atoms with Crippen molar-refractivity contribution in [3.8, 4) is 6.07 Å². The van der Waals surface area contributed by atoms with Gasteiger partial charge in [0.2, 0.25) is 5.91 Å². The van der Waals surface area contributed by atoms with E-state index in [-0.39, 0.29) is 22.3 Å². The summed E-state index contributed by atoms with van der Waals surface area (Å²) in [4.78, 5) is 38.2. The molecule has 0 saturated carbocycles. The highest BCUT2D eigenvalue weighted by molar-refractivity contribution is 6.36. The minimum absolute atomic E-state index is 0.187. The van der Waals surface area contributed by atoms with Crippen molar-refractivity contribution in [1.82, 2.24) is 5.32 Å². The molecule has 1 unspecified atom stereocenters. The van der Waals surface area contributed by atoms with Gasteiger partial charge in [-0.2, -0.15) is 5.26 Å². The molecule has 7 nitrogen and oxygen atoms in total. The van der Waals surface area contributed by atoms with Crippen LogP contribution in [0.1, 0.15) is 10.4 Å². The number of carbonyl (C=O) groups excluding carboxylic acids is 3. The number of ketones is 1. The van der Waals surface area contributed by atoms with Gasteiger partial charge in [-0.15, -0.1) is 0 Å². The van der Waals surface area contributed by atoms with Crippen LogP contribution in [0.2, 0.25) is 10.0 Å². The zero-order valence-corrected chi connectivity index (χ0v) is 15.9. The molecule has 1 fully saturated rings. The van der Waals surface area contributed by atoms with Crippen molar-refractivity contribution in [1.29, 1.82) is 5.26 Å². The summed E-state index contributed by atoms with van der Waals surface area (Å²) >= 11 is 11.8. The van der Waals surface area contributed by atoms with Crippen molar-refractivity contribution < 1.29 is 14.4 Å². The summed E-state index contributed by atoms with van der Waals surface area (Å²) in [6, 6.07) is 12.1. The average Bonchev–Trinajstić information content (AvgIpc) is 3.10. The van der Waals surface area contributed by atoms with Crippen molar-refractivity contribution in [2.24, 2.45) is 5.92 Å². The van der Waals surface area contributed by atoms with E-state index in [0.29, 0.717) is 23.8 Å². The van der Waals surface area contributed by atoms with Crippen LogP contribution in [-0.4, -0.2) is 30.8 Å². The third-order valence-corrected chi connectivity index (χ3v) is 4.71. The maximum Gasteiger partial charge on any atom is 0.321 e. The Morgan fingerprint density at radius 2 is 1.89 bits per heavy atom. The lowest BCUT2D eigenvalue weighted by molar-refractivity contribution is -0.117. The topological polar surface area (TPSA) is 102 Å². The number of nitrogens with zero attached hydrogens (tertiary/aromatic N) is 2. The molecule has 3 amide bonds. The molecule has 1 heterocycles. The molecule has 2 N–H and O–H groups in total. The number of halogens is 2. The second-order valence-electron chi connectivity index (χ2n) is 5.97. The van der Waals surface area contributed by atoms with Crippen molar-refractivity contribution in [2.75, 3.05) is 23.3 Å². The van der Waals surface area contributed by atoms with Crippen LogP contribution in [0, 0.1) is 17.2 Å². The number of hydrogen-bond acceptors (Lipinski definition) is 4. The van der Waals surface area contributed by atoms with Gasteiger partial charge in [0.15, 0.2) is 11.7 Å². The molecule has 0 aliphatic carbocycles. The average molecular weight is 417 g/mol. The monoisotopic (exact) mass is 416 g/mol. The van der Waals surface area contributed by atoms with Crippen LogP contribution >= 0.6 is 23.2 Å². The predicted octanol–water partition coefficient (Wildman–Crippen LogP) is 3.48. The van der Waals surface area contributed by atoms with Crippen LogP contribution in [0.15, 0.2) is 42.5 Å². The number of nitriles is 1. The van der Waals surface area contributed by atoms with Gasteiger partial charge in [0.25, 0.3) is 0 Å². The normalized spacial score (nSPS) is 14.2.